The molecule has 1 aromatic carbocycles. The number of aromatic nitrogens is 1. The molecule has 0 atom stereocenters. The van der Waals surface area contributed by atoms with Crippen LogP contribution in [-0.4, -0.2) is 35.3 Å². The molecule has 0 aliphatic carbocycles. The summed E-state index contributed by atoms with van der Waals surface area (Å²) in [7, 11) is 0. The first kappa shape index (κ1) is 22.8. The molecule has 1 aromatic heterocycles. The highest BCUT2D eigenvalue weighted by Crippen LogP contribution is 2.28. The second-order valence-electron chi connectivity index (χ2n) is 6.10. The SMILES string of the molecule is CCOCCCn1c(O)c(C(=O)COc2ccc(Cl)cc2Cl)c(C)c(C#N)c1=O. The Kier molecular flexibility index (Phi) is 8.09. The van der Waals surface area contributed by atoms with E-state index in [2.05, 4.69) is 0 Å². The number of hydrogen-bond donors (Lipinski definition) is 1. The van der Waals surface area contributed by atoms with Crippen molar-refractivity contribution in [2.75, 3.05) is 19.8 Å². The molecule has 0 fully saturated rings. The number of hydrogen-bond acceptors (Lipinski definition) is 6. The van der Waals surface area contributed by atoms with Crippen LogP contribution in [0, 0.1) is 18.3 Å². The van der Waals surface area contributed by atoms with Crippen molar-refractivity contribution in [3.05, 3.63) is 55.3 Å². The number of nitrogens with zero attached hydrogens (tertiary/aromatic N) is 2. The van der Waals surface area contributed by atoms with E-state index in [1.54, 1.807) is 6.07 Å². The van der Waals surface area contributed by atoms with Gasteiger partial charge in [-0.1, -0.05) is 23.2 Å². The molecular formula is C20H20Cl2N2O5. The van der Waals surface area contributed by atoms with Crippen LogP contribution in [-0.2, 0) is 11.3 Å². The summed E-state index contributed by atoms with van der Waals surface area (Å²) < 4.78 is 11.7. The molecule has 0 amide bonds. The van der Waals surface area contributed by atoms with Gasteiger partial charge >= 0.3 is 0 Å². The van der Waals surface area contributed by atoms with E-state index >= 15 is 0 Å². The number of ketones is 1. The van der Waals surface area contributed by atoms with Gasteiger partial charge in [0.2, 0.25) is 11.7 Å². The fourth-order valence-corrected chi connectivity index (χ4v) is 3.23. The Bertz CT molecular complexity index is 1010. The predicted molar refractivity (Wildman–Crippen MR) is 109 cm³/mol. The average molecular weight is 439 g/mol. The number of carbonyl (C=O) groups excluding carboxylic acids is 1. The summed E-state index contributed by atoms with van der Waals surface area (Å²) in [4.78, 5) is 25.2. The van der Waals surface area contributed by atoms with Crippen molar-refractivity contribution in [1.82, 2.24) is 4.57 Å². The monoisotopic (exact) mass is 438 g/mol. The first-order valence-electron chi connectivity index (χ1n) is 8.87. The summed E-state index contributed by atoms with van der Waals surface area (Å²) in [5.41, 5.74) is -0.890. The molecule has 0 radical (unpaired) electrons. The maximum atomic E-state index is 12.7. The van der Waals surface area contributed by atoms with Gasteiger partial charge in [0.05, 0.1) is 10.6 Å². The number of benzene rings is 1. The zero-order valence-corrected chi connectivity index (χ0v) is 17.5. The highest BCUT2D eigenvalue weighted by molar-refractivity contribution is 6.35. The van der Waals surface area contributed by atoms with Crippen LogP contribution in [0.5, 0.6) is 11.6 Å². The van der Waals surface area contributed by atoms with Crippen LogP contribution in [0.15, 0.2) is 23.0 Å². The fraction of sp³-hybridized carbons (Fsp3) is 0.350. The Labute approximate surface area is 178 Å². The number of ether oxygens (including phenoxy) is 2. The molecule has 154 valence electrons. The molecule has 0 saturated carbocycles. The Morgan fingerprint density at radius 3 is 2.69 bits per heavy atom. The van der Waals surface area contributed by atoms with Gasteiger partial charge in [0, 0.05) is 24.8 Å². The maximum absolute atomic E-state index is 12.7. The molecule has 0 bridgehead atoms. The Balaban J connectivity index is 2.33. The first-order chi connectivity index (χ1) is 13.8. The van der Waals surface area contributed by atoms with Crippen LogP contribution < -0.4 is 10.3 Å². The van der Waals surface area contributed by atoms with Crippen molar-refractivity contribution in [2.45, 2.75) is 26.8 Å². The third-order valence-electron chi connectivity index (χ3n) is 4.21. The summed E-state index contributed by atoms with van der Waals surface area (Å²) in [5.74, 6) is -0.855. The van der Waals surface area contributed by atoms with Gasteiger partial charge in [-0.05, 0) is 44.0 Å². The van der Waals surface area contributed by atoms with Crippen LogP contribution in [0.2, 0.25) is 10.0 Å². The second-order valence-corrected chi connectivity index (χ2v) is 6.95. The van der Waals surface area contributed by atoms with Gasteiger partial charge in [-0.25, -0.2) is 0 Å². The minimum absolute atomic E-state index is 0.101. The molecular weight excluding hydrogens is 419 g/mol. The Hall–Kier alpha value is -2.53. The summed E-state index contributed by atoms with van der Waals surface area (Å²) >= 11 is 11.9. The molecule has 7 nitrogen and oxygen atoms in total. The number of aromatic hydroxyl groups is 1. The molecule has 0 spiro atoms. The van der Waals surface area contributed by atoms with Crippen LogP contribution in [0.25, 0.3) is 0 Å². The van der Waals surface area contributed by atoms with Crippen LogP contribution in [0.3, 0.4) is 0 Å². The van der Waals surface area contributed by atoms with E-state index in [1.807, 2.05) is 13.0 Å². The van der Waals surface area contributed by atoms with Gasteiger partial charge in [-0.2, -0.15) is 5.26 Å². The van der Waals surface area contributed by atoms with Gasteiger partial charge < -0.3 is 14.6 Å². The maximum Gasteiger partial charge on any atom is 0.271 e. The number of halogens is 2. The topological polar surface area (TPSA) is 102 Å². The van der Waals surface area contributed by atoms with Crippen molar-refractivity contribution in [2.24, 2.45) is 0 Å². The first-order valence-corrected chi connectivity index (χ1v) is 9.62. The van der Waals surface area contributed by atoms with Gasteiger partial charge in [0.1, 0.15) is 17.4 Å². The van der Waals surface area contributed by atoms with Crippen molar-refractivity contribution < 1.29 is 19.4 Å². The third-order valence-corrected chi connectivity index (χ3v) is 4.74. The van der Waals surface area contributed by atoms with E-state index in [4.69, 9.17) is 32.7 Å². The largest absolute Gasteiger partial charge is 0.494 e. The lowest BCUT2D eigenvalue weighted by Gasteiger charge is -2.16. The van der Waals surface area contributed by atoms with E-state index in [9.17, 15) is 20.0 Å². The molecule has 9 heteroatoms. The van der Waals surface area contributed by atoms with Gasteiger partial charge in [-0.15, -0.1) is 0 Å². The average Bonchev–Trinajstić information content (AvgIpc) is 2.67. The fourth-order valence-electron chi connectivity index (χ4n) is 2.77. The van der Waals surface area contributed by atoms with E-state index in [1.165, 1.54) is 19.1 Å². The third kappa shape index (κ3) is 5.30. The molecule has 2 aromatic rings. The standard InChI is InChI=1S/C20H20Cl2N2O5/c1-3-28-8-4-7-24-19(26)14(10-23)12(2)18(20(24)27)16(25)11-29-17-6-5-13(21)9-15(17)22/h5-6,9,27H,3-4,7-8,11H2,1-2H3. The van der Waals surface area contributed by atoms with Gasteiger partial charge in [0.15, 0.2) is 6.61 Å². The molecule has 0 saturated heterocycles. The Morgan fingerprint density at radius 2 is 2.07 bits per heavy atom. The molecule has 1 heterocycles. The van der Waals surface area contributed by atoms with Crippen LogP contribution >= 0.6 is 23.2 Å². The highest BCUT2D eigenvalue weighted by atomic mass is 35.5. The Morgan fingerprint density at radius 1 is 1.34 bits per heavy atom. The minimum Gasteiger partial charge on any atom is -0.494 e. The van der Waals surface area contributed by atoms with Crippen molar-refractivity contribution in [3.8, 4) is 17.7 Å². The van der Waals surface area contributed by atoms with E-state index in [0.29, 0.717) is 24.7 Å². The second kappa shape index (κ2) is 10.3. The zero-order chi connectivity index (χ0) is 21.6. The lowest BCUT2D eigenvalue weighted by atomic mass is 10.0. The predicted octanol–water partition coefficient (Wildman–Crippen LogP) is 3.73. The van der Waals surface area contributed by atoms with Crippen LogP contribution in [0.1, 0.15) is 34.8 Å². The normalized spacial score (nSPS) is 10.6. The zero-order valence-electron chi connectivity index (χ0n) is 16.0. The van der Waals surface area contributed by atoms with Gasteiger partial charge in [0.25, 0.3) is 5.56 Å². The summed E-state index contributed by atoms with van der Waals surface area (Å²) in [5, 5.41) is 20.6. The lowest BCUT2D eigenvalue weighted by Crippen LogP contribution is -2.28. The van der Waals surface area contributed by atoms with Crippen molar-refractivity contribution in [1.29, 1.82) is 5.26 Å². The van der Waals surface area contributed by atoms with Gasteiger partial charge in [-0.3, -0.25) is 14.2 Å². The number of Topliss-reactive ketones (excluding diaryl/α,β-unsaturated/α-hetero) is 1. The lowest BCUT2D eigenvalue weighted by molar-refractivity contribution is 0.0916. The molecule has 0 unspecified atom stereocenters. The quantitative estimate of drug-likeness (QED) is 0.472. The molecule has 2 rings (SSSR count). The summed E-state index contributed by atoms with van der Waals surface area (Å²) in [6.45, 7) is 3.83. The summed E-state index contributed by atoms with van der Waals surface area (Å²) in [6.07, 6.45) is 0.430. The van der Waals surface area contributed by atoms with E-state index < -0.39 is 23.8 Å². The molecule has 29 heavy (non-hydrogen) atoms. The van der Waals surface area contributed by atoms with Crippen molar-refractivity contribution in [3.63, 3.8) is 0 Å². The molecule has 1 N–H and O–H groups in total. The highest BCUT2D eigenvalue weighted by Gasteiger charge is 2.24. The number of rotatable bonds is 9. The van der Waals surface area contributed by atoms with E-state index in [0.717, 1.165) is 4.57 Å². The van der Waals surface area contributed by atoms with Crippen LogP contribution in [0.4, 0.5) is 0 Å². The van der Waals surface area contributed by atoms with Crippen molar-refractivity contribution >= 4 is 29.0 Å². The minimum atomic E-state index is -0.655. The number of carbonyl (C=O) groups is 1. The molecule has 0 aliphatic rings. The summed E-state index contributed by atoms with van der Waals surface area (Å²) in [6, 6.07) is 6.35. The van der Waals surface area contributed by atoms with E-state index in [-0.39, 0.29) is 34.0 Å². The number of pyridine rings is 1. The smallest absolute Gasteiger partial charge is 0.271 e. The molecule has 0 aliphatic heterocycles. The number of nitriles is 1.